The summed E-state index contributed by atoms with van der Waals surface area (Å²) in [6.07, 6.45) is 1.58. The number of nitrogens with zero attached hydrogens (tertiary/aromatic N) is 3. The number of aryl methyl sites for hydroxylation is 1. The molecule has 0 aliphatic rings. The average Bonchev–Trinajstić information content (AvgIpc) is 2.53. The molecule has 2 rings (SSSR count). The molecule has 0 bridgehead atoms. The average molecular weight is 165 g/mol. The third-order valence-corrected chi connectivity index (χ3v) is 1.31. The first kappa shape index (κ1) is 8.64. The first-order valence-corrected chi connectivity index (χ1v) is 3.91. The van der Waals surface area contributed by atoms with Gasteiger partial charge in [-0.2, -0.15) is 5.10 Å². The molecule has 0 atom stereocenters. The van der Waals surface area contributed by atoms with Crippen molar-refractivity contribution in [3.05, 3.63) is 18.0 Å². The molecule has 12 heavy (non-hydrogen) atoms. The largest absolute Gasteiger partial charge is 0.354 e. The summed E-state index contributed by atoms with van der Waals surface area (Å²) >= 11 is 0. The van der Waals surface area contributed by atoms with Gasteiger partial charge < -0.3 is 4.52 Å². The van der Waals surface area contributed by atoms with Gasteiger partial charge in [-0.05, 0) is 6.92 Å². The fourth-order valence-corrected chi connectivity index (χ4v) is 0.806. The fraction of sp³-hybridized carbons (Fsp3) is 0.375. The quantitative estimate of drug-likeness (QED) is 0.598. The Balaban J connectivity index is 0.000000336. The second-order valence-electron chi connectivity index (χ2n) is 2.01. The first-order chi connectivity index (χ1) is 5.88. The van der Waals surface area contributed by atoms with Crippen molar-refractivity contribution in [3.8, 4) is 0 Å². The maximum Gasteiger partial charge on any atom is 0.189 e. The maximum absolute atomic E-state index is 4.90. The van der Waals surface area contributed by atoms with E-state index in [-0.39, 0.29) is 0 Å². The molecule has 0 spiro atoms. The number of hydrogen-bond donors (Lipinski definition) is 0. The molecule has 0 unspecified atom stereocenters. The van der Waals surface area contributed by atoms with E-state index >= 15 is 0 Å². The summed E-state index contributed by atoms with van der Waals surface area (Å²) in [6.45, 7) is 5.83. The van der Waals surface area contributed by atoms with Crippen LogP contribution in [-0.2, 0) is 0 Å². The van der Waals surface area contributed by atoms with Crippen LogP contribution >= 0.6 is 0 Å². The van der Waals surface area contributed by atoms with Crippen LogP contribution in [-0.4, -0.2) is 15.4 Å². The topological polar surface area (TPSA) is 51.8 Å². The second kappa shape index (κ2) is 3.80. The molecular weight excluding hydrogens is 154 g/mol. The van der Waals surface area contributed by atoms with E-state index in [0.717, 1.165) is 11.2 Å². The van der Waals surface area contributed by atoms with Crippen molar-refractivity contribution in [1.82, 2.24) is 15.4 Å². The molecule has 0 amide bonds. The molecule has 4 nitrogen and oxygen atoms in total. The van der Waals surface area contributed by atoms with Crippen LogP contribution in [0.2, 0.25) is 0 Å². The van der Waals surface area contributed by atoms with Crippen LogP contribution in [0.5, 0.6) is 0 Å². The predicted molar refractivity (Wildman–Crippen MR) is 45.7 cm³/mol. The van der Waals surface area contributed by atoms with Gasteiger partial charge in [-0.25, -0.2) is 0 Å². The van der Waals surface area contributed by atoms with Crippen molar-refractivity contribution in [2.75, 3.05) is 0 Å². The number of aromatic nitrogens is 3. The summed E-state index contributed by atoms with van der Waals surface area (Å²) in [7, 11) is 0. The Hall–Kier alpha value is -1.45. The Labute approximate surface area is 70.6 Å². The van der Waals surface area contributed by atoms with E-state index in [2.05, 4.69) is 15.4 Å². The summed E-state index contributed by atoms with van der Waals surface area (Å²) in [5, 5.41) is 11.2. The van der Waals surface area contributed by atoms with Crippen molar-refractivity contribution in [3.63, 3.8) is 0 Å². The monoisotopic (exact) mass is 165 g/mol. The van der Waals surface area contributed by atoms with Gasteiger partial charge in [0.25, 0.3) is 0 Å². The van der Waals surface area contributed by atoms with Crippen LogP contribution in [0.25, 0.3) is 11.1 Å². The Bertz CT molecular complexity index is 356. The highest BCUT2D eigenvalue weighted by Gasteiger charge is 2.02. The Morgan fingerprint density at radius 1 is 1.33 bits per heavy atom. The zero-order valence-electron chi connectivity index (χ0n) is 7.40. The summed E-state index contributed by atoms with van der Waals surface area (Å²) in [5.41, 5.74) is 2.21. The minimum Gasteiger partial charge on any atom is -0.354 e. The lowest BCUT2D eigenvalue weighted by Crippen LogP contribution is -1.79. The minimum absolute atomic E-state index is 0.688. The molecule has 4 heteroatoms. The van der Waals surface area contributed by atoms with Gasteiger partial charge in [0, 0.05) is 6.07 Å². The first-order valence-electron chi connectivity index (χ1n) is 3.91. The van der Waals surface area contributed by atoms with Gasteiger partial charge in [-0.3, -0.25) is 0 Å². The van der Waals surface area contributed by atoms with Gasteiger partial charge >= 0.3 is 0 Å². The van der Waals surface area contributed by atoms with Crippen LogP contribution in [0.1, 0.15) is 19.5 Å². The molecule has 2 aromatic heterocycles. The van der Waals surface area contributed by atoms with Crippen molar-refractivity contribution in [2.45, 2.75) is 20.8 Å². The van der Waals surface area contributed by atoms with Gasteiger partial charge in [0.2, 0.25) is 0 Å². The molecule has 0 aromatic carbocycles. The van der Waals surface area contributed by atoms with Crippen LogP contribution in [0.15, 0.2) is 16.8 Å². The molecule has 0 aliphatic carbocycles. The smallest absolute Gasteiger partial charge is 0.189 e. The van der Waals surface area contributed by atoms with E-state index in [1.807, 2.05) is 20.8 Å². The molecular formula is C8H11N3O. The molecule has 0 N–H and O–H groups in total. The van der Waals surface area contributed by atoms with Crippen LogP contribution in [0.3, 0.4) is 0 Å². The molecule has 0 aliphatic heterocycles. The summed E-state index contributed by atoms with van der Waals surface area (Å²) in [4.78, 5) is 0. The van der Waals surface area contributed by atoms with Gasteiger partial charge in [-0.1, -0.05) is 19.0 Å². The highest BCUT2D eigenvalue weighted by atomic mass is 16.5. The van der Waals surface area contributed by atoms with Gasteiger partial charge in [0.15, 0.2) is 11.1 Å². The molecule has 0 fully saturated rings. The summed E-state index contributed by atoms with van der Waals surface area (Å²) in [6, 6.07) is 1.74. The van der Waals surface area contributed by atoms with Gasteiger partial charge in [0.05, 0.1) is 6.20 Å². The van der Waals surface area contributed by atoms with Crippen LogP contribution in [0, 0.1) is 6.92 Å². The lowest BCUT2D eigenvalue weighted by Gasteiger charge is -1.80. The Morgan fingerprint density at radius 2 is 2.08 bits per heavy atom. The lowest BCUT2D eigenvalue weighted by molar-refractivity contribution is 0.450. The zero-order chi connectivity index (χ0) is 8.97. The molecule has 64 valence electrons. The molecule has 0 saturated heterocycles. The van der Waals surface area contributed by atoms with Crippen molar-refractivity contribution in [1.29, 1.82) is 0 Å². The van der Waals surface area contributed by atoms with E-state index in [0.29, 0.717) is 5.58 Å². The van der Waals surface area contributed by atoms with Crippen molar-refractivity contribution >= 4 is 11.1 Å². The minimum atomic E-state index is 0.688. The summed E-state index contributed by atoms with van der Waals surface area (Å²) < 4.78 is 4.90. The van der Waals surface area contributed by atoms with E-state index < -0.39 is 0 Å². The third-order valence-electron chi connectivity index (χ3n) is 1.31. The van der Waals surface area contributed by atoms with E-state index in [9.17, 15) is 0 Å². The zero-order valence-corrected chi connectivity index (χ0v) is 7.40. The standard InChI is InChI=1S/C6H5N3O.C2H6/c1-4-6-5(10-9-4)2-3-7-8-6;1-2/h2-3H,1H3;1-2H3. The molecule has 0 saturated carbocycles. The predicted octanol–water partition coefficient (Wildman–Crippen LogP) is 1.95. The van der Waals surface area contributed by atoms with Crippen molar-refractivity contribution < 1.29 is 4.52 Å². The van der Waals surface area contributed by atoms with Gasteiger partial charge in [-0.15, -0.1) is 5.10 Å². The van der Waals surface area contributed by atoms with E-state index in [1.165, 1.54) is 0 Å². The Kier molecular flexibility index (Phi) is 2.74. The fourth-order valence-electron chi connectivity index (χ4n) is 0.806. The molecule has 2 aromatic rings. The normalized spacial score (nSPS) is 9.25. The molecule has 2 heterocycles. The van der Waals surface area contributed by atoms with E-state index in [4.69, 9.17) is 4.52 Å². The summed E-state index contributed by atoms with van der Waals surface area (Å²) in [5.74, 6) is 0. The van der Waals surface area contributed by atoms with Crippen molar-refractivity contribution in [2.24, 2.45) is 0 Å². The lowest BCUT2D eigenvalue weighted by atomic mass is 10.4. The Morgan fingerprint density at radius 3 is 2.75 bits per heavy atom. The number of fused-ring (bicyclic) bond motifs is 1. The highest BCUT2D eigenvalue weighted by molar-refractivity contribution is 5.72. The number of rotatable bonds is 0. The molecule has 0 radical (unpaired) electrons. The van der Waals surface area contributed by atoms with E-state index in [1.54, 1.807) is 12.3 Å². The van der Waals surface area contributed by atoms with Crippen LogP contribution < -0.4 is 0 Å². The second-order valence-corrected chi connectivity index (χ2v) is 2.01. The van der Waals surface area contributed by atoms with Gasteiger partial charge in [0.1, 0.15) is 5.69 Å². The number of hydrogen-bond acceptors (Lipinski definition) is 4. The maximum atomic E-state index is 4.90. The SMILES string of the molecule is CC.Cc1noc2ccnnc12. The highest BCUT2D eigenvalue weighted by Crippen LogP contribution is 2.11. The van der Waals surface area contributed by atoms with Crippen LogP contribution in [0.4, 0.5) is 0 Å². The third kappa shape index (κ3) is 1.42.